The van der Waals surface area contributed by atoms with E-state index in [-0.39, 0.29) is 5.91 Å². The van der Waals surface area contributed by atoms with Crippen molar-refractivity contribution in [1.29, 1.82) is 0 Å². The second kappa shape index (κ2) is 4.91. The molecule has 1 amide bonds. The first-order valence-electron chi connectivity index (χ1n) is 5.77. The highest BCUT2D eigenvalue weighted by Crippen LogP contribution is 2.17. The van der Waals surface area contributed by atoms with Crippen molar-refractivity contribution in [1.82, 2.24) is 9.55 Å². The van der Waals surface area contributed by atoms with Crippen LogP contribution in [0.1, 0.15) is 17.4 Å². The number of carbonyl (C=O) groups is 1. The number of nitrogens with two attached hydrogens (primary N) is 1. The molecule has 2 rings (SSSR count). The molecule has 0 radical (unpaired) electrons. The average Bonchev–Trinajstić information content (AvgIpc) is 2.79. The quantitative estimate of drug-likeness (QED) is 0.894. The minimum Gasteiger partial charge on any atom is -0.397 e. The van der Waals surface area contributed by atoms with Crippen LogP contribution in [0.2, 0.25) is 0 Å². The Kier molecular flexibility index (Phi) is 3.32. The molecule has 0 spiro atoms. The first-order valence-corrected chi connectivity index (χ1v) is 5.77. The lowest BCUT2D eigenvalue weighted by molar-refractivity contribution is 0.0984. The molecule has 2 aromatic rings. The zero-order valence-corrected chi connectivity index (χ0v) is 10.5. The normalized spacial score (nSPS) is 10.3. The van der Waals surface area contributed by atoms with Crippen LogP contribution in [-0.4, -0.2) is 22.5 Å². The van der Waals surface area contributed by atoms with Crippen LogP contribution >= 0.6 is 0 Å². The SMILES string of the molecule is CCn1cc(N)cc1C(=O)N(C)c1cccnc1. The molecule has 0 atom stereocenters. The van der Waals surface area contributed by atoms with Crippen LogP contribution < -0.4 is 10.6 Å². The molecule has 5 nitrogen and oxygen atoms in total. The van der Waals surface area contributed by atoms with Gasteiger partial charge in [-0.3, -0.25) is 9.78 Å². The third-order valence-electron chi connectivity index (χ3n) is 2.82. The Morgan fingerprint density at radius 1 is 1.56 bits per heavy atom. The van der Waals surface area contributed by atoms with Crippen molar-refractivity contribution in [2.24, 2.45) is 0 Å². The predicted molar refractivity (Wildman–Crippen MR) is 71.5 cm³/mol. The van der Waals surface area contributed by atoms with E-state index in [1.807, 2.05) is 17.6 Å². The van der Waals surface area contributed by atoms with Gasteiger partial charge >= 0.3 is 0 Å². The van der Waals surface area contributed by atoms with E-state index in [1.165, 1.54) is 0 Å². The zero-order chi connectivity index (χ0) is 13.1. The molecule has 0 aliphatic carbocycles. The molecule has 2 aromatic heterocycles. The maximum atomic E-state index is 12.4. The lowest BCUT2D eigenvalue weighted by atomic mass is 10.3. The first-order chi connectivity index (χ1) is 8.63. The largest absolute Gasteiger partial charge is 0.397 e. The van der Waals surface area contributed by atoms with Crippen molar-refractivity contribution < 1.29 is 4.79 Å². The number of nitrogens with zero attached hydrogens (tertiary/aromatic N) is 3. The Morgan fingerprint density at radius 2 is 2.33 bits per heavy atom. The summed E-state index contributed by atoms with van der Waals surface area (Å²) in [5.74, 6) is -0.0958. The number of aromatic nitrogens is 2. The third kappa shape index (κ3) is 2.20. The number of pyridine rings is 1. The van der Waals surface area contributed by atoms with Crippen molar-refractivity contribution in [2.75, 3.05) is 17.7 Å². The van der Waals surface area contributed by atoms with Gasteiger partial charge in [0.1, 0.15) is 5.69 Å². The lowest BCUT2D eigenvalue weighted by Gasteiger charge is -2.17. The summed E-state index contributed by atoms with van der Waals surface area (Å²) in [6, 6.07) is 5.33. The average molecular weight is 244 g/mol. The fraction of sp³-hybridized carbons (Fsp3) is 0.231. The van der Waals surface area contributed by atoms with Crippen molar-refractivity contribution in [3.05, 3.63) is 42.5 Å². The molecule has 0 aliphatic heterocycles. The van der Waals surface area contributed by atoms with E-state index >= 15 is 0 Å². The molecule has 94 valence electrons. The van der Waals surface area contributed by atoms with Gasteiger partial charge in [0.25, 0.3) is 5.91 Å². The van der Waals surface area contributed by atoms with Gasteiger partial charge in [-0.15, -0.1) is 0 Å². The second-order valence-corrected chi connectivity index (χ2v) is 4.02. The van der Waals surface area contributed by atoms with Gasteiger partial charge < -0.3 is 15.2 Å². The molecule has 0 aromatic carbocycles. The van der Waals surface area contributed by atoms with Crippen LogP contribution in [0.4, 0.5) is 11.4 Å². The minimum atomic E-state index is -0.0958. The van der Waals surface area contributed by atoms with Crippen LogP contribution in [0, 0.1) is 0 Å². The molecular weight excluding hydrogens is 228 g/mol. The molecule has 0 bridgehead atoms. The molecule has 0 aliphatic rings. The van der Waals surface area contributed by atoms with Crippen LogP contribution in [0.15, 0.2) is 36.8 Å². The summed E-state index contributed by atoms with van der Waals surface area (Å²) in [5, 5.41) is 0. The number of carbonyl (C=O) groups excluding carboxylic acids is 1. The summed E-state index contributed by atoms with van der Waals surface area (Å²) in [5.41, 5.74) is 7.66. The highest BCUT2D eigenvalue weighted by molar-refractivity contribution is 6.05. The van der Waals surface area contributed by atoms with E-state index in [0.29, 0.717) is 17.9 Å². The van der Waals surface area contributed by atoms with Crippen molar-refractivity contribution in [2.45, 2.75) is 13.5 Å². The van der Waals surface area contributed by atoms with Gasteiger partial charge in [-0.05, 0) is 25.1 Å². The standard InChI is InChI=1S/C13H16N4O/c1-3-17-9-10(14)7-12(17)13(18)16(2)11-5-4-6-15-8-11/h4-9H,3,14H2,1-2H3. The van der Waals surface area contributed by atoms with E-state index in [9.17, 15) is 4.79 Å². The maximum absolute atomic E-state index is 12.4. The topological polar surface area (TPSA) is 64.2 Å². The summed E-state index contributed by atoms with van der Waals surface area (Å²) in [6.07, 6.45) is 5.10. The Morgan fingerprint density at radius 3 is 2.94 bits per heavy atom. The van der Waals surface area contributed by atoms with Crippen molar-refractivity contribution >= 4 is 17.3 Å². The first kappa shape index (κ1) is 12.2. The van der Waals surface area contributed by atoms with Crippen LogP contribution in [0.25, 0.3) is 0 Å². The Hall–Kier alpha value is -2.30. The van der Waals surface area contributed by atoms with Gasteiger partial charge in [0.15, 0.2) is 0 Å². The summed E-state index contributed by atoms with van der Waals surface area (Å²) in [6.45, 7) is 2.68. The van der Waals surface area contributed by atoms with Gasteiger partial charge in [-0.2, -0.15) is 0 Å². The molecule has 0 fully saturated rings. The maximum Gasteiger partial charge on any atom is 0.274 e. The number of rotatable bonds is 3. The monoisotopic (exact) mass is 244 g/mol. The van der Waals surface area contributed by atoms with Crippen LogP contribution in [0.3, 0.4) is 0 Å². The Balaban J connectivity index is 2.31. The Bertz CT molecular complexity index is 547. The third-order valence-corrected chi connectivity index (χ3v) is 2.82. The van der Waals surface area contributed by atoms with Gasteiger partial charge in [0.2, 0.25) is 0 Å². The number of anilines is 2. The van der Waals surface area contributed by atoms with Gasteiger partial charge in [0, 0.05) is 26.0 Å². The molecule has 0 saturated heterocycles. The fourth-order valence-corrected chi connectivity index (χ4v) is 1.81. The Labute approximate surface area is 106 Å². The number of amides is 1. The lowest BCUT2D eigenvalue weighted by Crippen LogP contribution is -2.28. The smallest absolute Gasteiger partial charge is 0.274 e. The van der Waals surface area contributed by atoms with E-state index < -0.39 is 0 Å². The van der Waals surface area contributed by atoms with Gasteiger partial charge in [0.05, 0.1) is 17.6 Å². The molecule has 18 heavy (non-hydrogen) atoms. The fourth-order valence-electron chi connectivity index (χ4n) is 1.81. The highest BCUT2D eigenvalue weighted by atomic mass is 16.2. The van der Waals surface area contributed by atoms with Gasteiger partial charge in [-0.1, -0.05) is 0 Å². The molecule has 0 unspecified atom stereocenters. The predicted octanol–water partition coefficient (Wildman–Crippen LogP) is 1.76. The van der Waals surface area contributed by atoms with Gasteiger partial charge in [-0.25, -0.2) is 0 Å². The molecule has 2 N–H and O–H groups in total. The second-order valence-electron chi connectivity index (χ2n) is 4.02. The summed E-state index contributed by atoms with van der Waals surface area (Å²) in [7, 11) is 1.72. The van der Waals surface area contributed by atoms with E-state index in [0.717, 1.165) is 5.69 Å². The van der Waals surface area contributed by atoms with E-state index in [4.69, 9.17) is 5.73 Å². The zero-order valence-electron chi connectivity index (χ0n) is 10.5. The van der Waals surface area contributed by atoms with Crippen molar-refractivity contribution in [3.8, 4) is 0 Å². The summed E-state index contributed by atoms with van der Waals surface area (Å²) >= 11 is 0. The molecular formula is C13H16N4O. The van der Waals surface area contributed by atoms with Crippen LogP contribution in [0.5, 0.6) is 0 Å². The molecule has 0 saturated carbocycles. The van der Waals surface area contributed by atoms with Crippen LogP contribution in [-0.2, 0) is 6.54 Å². The molecule has 5 heteroatoms. The minimum absolute atomic E-state index is 0.0958. The molecule has 2 heterocycles. The number of nitrogen functional groups attached to an aromatic ring is 1. The number of hydrogen-bond donors (Lipinski definition) is 1. The van der Waals surface area contributed by atoms with E-state index in [2.05, 4.69) is 4.98 Å². The van der Waals surface area contributed by atoms with E-state index in [1.54, 1.807) is 42.7 Å². The summed E-state index contributed by atoms with van der Waals surface area (Å²) < 4.78 is 1.84. The highest BCUT2D eigenvalue weighted by Gasteiger charge is 2.17. The number of hydrogen-bond acceptors (Lipinski definition) is 3. The van der Waals surface area contributed by atoms with Crippen molar-refractivity contribution in [3.63, 3.8) is 0 Å². The summed E-state index contributed by atoms with van der Waals surface area (Å²) in [4.78, 5) is 17.9. The number of aryl methyl sites for hydroxylation is 1.